The van der Waals surface area contributed by atoms with Gasteiger partial charge in [-0.3, -0.25) is 0 Å². The van der Waals surface area contributed by atoms with Crippen LogP contribution < -0.4 is 5.32 Å². The fourth-order valence-corrected chi connectivity index (χ4v) is 1.53. The van der Waals surface area contributed by atoms with Crippen LogP contribution in [0.2, 0.25) is 0 Å². The number of carboxylic acids is 1. The molecule has 0 aliphatic rings. The van der Waals surface area contributed by atoms with Crippen LogP contribution in [-0.2, 0) is 0 Å². The van der Waals surface area contributed by atoms with Crippen molar-refractivity contribution in [2.75, 3.05) is 18.5 Å². The zero-order chi connectivity index (χ0) is 12.7. The SMILES string of the molecule is O=C(O)c1c(F)cccc1NCCCCCO. The van der Waals surface area contributed by atoms with Crippen LogP contribution in [0.1, 0.15) is 29.6 Å². The Morgan fingerprint density at radius 3 is 2.71 bits per heavy atom. The molecular weight excluding hydrogens is 225 g/mol. The molecular formula is C12H16FNO3. The van der Waals surface area contributed by atoms with Gasteiger partial charge in [-0.25, -0.2) is 9.18 Å². The highest BCUT2D eigenvalue weighted by atomic mass is 19.1. The number of hydrogen-bond acceptors (Lipinski definition) is 3. The zero-order valence-electron chi connectivity index (χ0n) is 9.45. The van der Waals surface area contributed by atoms with Crippen LogP contribution in [0.5, 0.6) is 0 Å². The van der Waals surface area contributed by atoms with E-state index in [0.29, 0.717) is 12.2 Å². The number of anilines is 1. The highest BCUT2D eigenvalue weighted by Gasteiger charge is 2.14. The lowest BCUT2D eigenvalue weighted by molar-refractivity contribution is 0.0693. The molecule has 0 bridgehead atoms. The Bertz CT molecular complexity index is 382. The number of aromatic carboxylic acids is 1. The van der Waals surface area contributed by atoms with E-state index in [4.69, 9.17) is 10.2 Å². The fraction of sp³-hybridized carbons (Fsp3) is 0.417. The number of aliphatic hydroxyl groups excluding tert-OH is 1. The van der Waals surface area contributed by atoms with Gasteiger partial charge in [0.25, 0.3) is 0 Å². The average molecular weight is 241 g/mol. The lowest BCUT2D eigenvalue weighted by Gasteiger charge is -2.09. The van der Waals surface area contributed by atoms with Crippen LogP contribution in [0.25, 0.3) is 0 Å². The Balaban J connectivity index is 2.58. The van der Waals surface area contributed by atoms with Crippen molar-refractivity contribution in [2.45, 2.75) is 19.3 Å². The summed E-state index contributed by atoms with van der Waals surface area (Å²) in [5.41, 5.74) is -0.0313. The number of nitrogens with one attached hydrogen (secondary N) is 1. The van der Waals surface area contributed by atoms with Crippen LogP contribution in [0, 0.1) is 5.82 Å². The van der Waals surface area contributed by atoms with Crippen molar-refractivity contribution in [1.82, 2.24) is 0 Å². The van der Waals surface area contributed by atoms with Gasteiger partial charge in [-0.2, -0.15) is 0 Å². The molecule has 94 valence electrons. The normalized spacial score (nSPS) is 10.2. The Kier molecular flexibility index (Phi) is 5.42. The van der Waals surface area contributed by atoms with Gasteiger partial charge in [0.05, 0.1) is 5.69 Å². The highest BCUT2D eigenvalue weighted by Crippen LogP contribution is 2.18. The lowest BCUT2D eigenvalue weighted by Crippen LogP contribution is -2.09. The predicted molar refractivity (Wildman–Crippen MR) is 62.8 cm³/mol. The number of aliphatic hydroxyl groups is 1. The summed E-state index contributed by atoms with van der Waals surface area (Å²) in [5.74, 6) is -2.01. The molecule has 0 heterocycles. The van der Waals surface area contributed by atoms with Crippen molar-refractivity contribution < 1.29 is 19.4 Å². The number of unbranched alkanes of at least 4 members (excludes halogenated alkanes) is 2. The van der Waals surface area contributed by atoms with E-state index in [1.165, 1.54) is 6.07 Å². The van der Waals surface area contributed by atoms with Gasteiger partial charge in [0.1, 0.15) is 11.4 Å². The summed E-state index contributed by atoms with van der Waals surface area (Å²) in [7, 11) is 0. The quantitative estimate of drug-likeness (QED) is 0.639. The summed E-state index contributed by atoms with van der Waals surface area (Å²) in [5, 5.41) is 20.4. The minimum absolute atomic E-state index is 0.153. The number of hydrogen-bond donors (Lipinski definition) is 3. The van der Waals surface area contributed by atoms with Gasteiger partial charge in [0, 0.05) is 13.2 Å². The third-order valence-electron chi connectivity index (χ3n) is 2.38. The molecule has 1 aromatic carbocycles. The maximum Gasteiger partial charge on any atom is 0.340 e. The summed E-state index contributed by atoms with van der Waals surface area (Å²) >= 11 is 0. The van der Waals surface area contributed by atoms with Crippen LogP contribution in [0.3, 0.4) is 0 Å². The van der Waals surface area contributed by atoms with E-state index in [0.717, 1.165) is 25.3 Å². The zero-order valence-corrected chi connectivity index (χ0v) is 9.45. The molecule has 3 N–H and O–H groups in total. The molecule has 0 atom stereocenters. The van der Waals surface area contributed by atoms with Crippen LogP contribution in [-0.4, -0.2) is 29.3 Å². The molecule has 1 rings (SSSR count). The molecule has 5 heteroatoms. The monoisotopic (exact) mass is 241 g/mol. The second kappa shape index (κ2) is 6.85. The first kappa shape index (κ1) is 13.4. The van der Waals surface area contributed by atoms with Gasteiger partial charge < -0.3 is 15.5 Å². The van der Waals surface area contributed by atoms with Gasteiger partial charge in [-0.05, 0) is 31.4 Å². The van der Waals surface area contributed by atoms with Crippen molar-refractivity contribution >= 4 is 11.7 Å². The van der Waals surface area contributed by atoms with Crippen molar-refractivity contribution in [3.63, 3.8) is 0 Å². The Labute approximate surface area is 99.1 Å². The van der Waals surface area contributed by atoms with Crippen molar-refractivity contribution in [3.8, 4) is 0 Å². The molecule has 17 heavy (non-hydrogen) atoms. The molecule has 0 spiro atoms. The number of rotatable bonds is 7. The Hall–Kier alpha value is -1.62. The smallest absolute Gasteiger partial charge is 0.340 e. The molecule has 4 nitrogen and oxygen atoms in total. The first-order valence-corrected chi connectivity index (χ1v) is 5.53. The maximum atomic E-state index is 13.3. The third-order valence-corrected chi connectivity index (χ3v) is 2.38. The van der Waals surface area contributed by atoms with E-state index >= 15 is 0 Å². The summed E-state index contributed by atoms with van der Waals surface area (Å²) in [6.07, 6.45) is 2.37. The van der Waals surface area contributed by atoms with Crippen molar-refractivity contribution in [2.24, 2.45) is 0 Å². The molecule has 0 saturated heterocycles. The lowest BCUT2D eigenvalue weighted by atomic mass is 10.1. The summed E-state index contributed by atoms with van der Waals surface area (Å²) < 4.78 is 13.3. The summed E-state index contributed by atoms with van der Waals surface area (Å²) in [6, 6.07) is 4.14. The molecule has 0 unspecified atom stereocenters. The van der Waals surface area contributed by atoms with Crippen LogP contribution >= 0.6 is 0 Å². The van der Waals surface area contributed by atoms with Gasteiger partial charge in [0.2, 0.25) is 0 Å². The van der Waals surface area contributed by atoms with E-state index in [9.17, 15) is 9.18 Å². The number of halogens is 1. The fourth-order valence-electron chi connectivity index (χ4n) is 1.53. The minimum atomic E-state index is -1.28. The van der Waals surface area contributed by atoms with Gasteiger partial charge >= 0.3 is 5.97 Å². The standard InChI is InChI=1S/C12H16FNO3/c13-9-5-4-6-10(11(9)12(16)17)14-7-2-1-3-8-15/h4-6,14-15H,1-3,7-8H2,(H,16,17). The molecule has 0 fully saturated rings. The molecule has 0 amide bonds. The van der Waals surface area contributed by atoms with Crippen LogP contribution in [0.15, 0.2) is 18.2 Å². The van der Waals surface area contributed by atoms with Crippen LogP contribution in [0.4, 0.5) is 10.1 Å². The van der Waals surface area contributed by atoms with E-state index in [1.54, 1.807) is 6.07 Å². The van der Waals surface area contributed by atoms with E-state index in [2.05, 4.69) is 5.32 Å². The molecule has 1 aromatic rings. The van der Waals surface area contributed by atoms with Gasteiger partial charge in [-0.15, -0.1) is 0 Å². The molecule has 0 aliphatic carbocycles. The number of carbonyl (C=O) groups is 1. The van der Waals surface area contributed by atoms with Crippen molar-refractivity contribution in [1.29, 1.82) is 0 Å². The van der Waals surface area contributed by atoms with E-state index in [-0.39, 0.29) is 12.2 Å². The second-order valence-corrected chi connectivity index (χ2v) is 3.68. The molecule has 0 saturated carbocycles. The second-order valence-electron chi connectivity index (χ2n) is 3.68. The Morgan fingerprint density at radius 1 is 1.29 bits per heavy atom. The first-order chi connectivity index (χ1) is 8.16. The molecule has 0 aromatic heterocycles. The maximum absolute atomic E-state index is 13.3. The van der Waals surface area contributed by atoms with Crippen molar-refractivity contribution in [3.05, 3.63) is 29.6 Å². The number of benzene rings is 1. The largest absolute Gasteiger partial charge is 0.478 e. The van der Waals surface area contributed by atoms with E-state index in [1.807, 2.05) is 0 Å². The first-order valence-electron chi connectivity index (χ1n) is 5.53. The summed E-state index contributed by atoms with van der Waals surface area (Å²) in [4.78, 5) is 10.9. The van der Waals surface area contributed by atoms with Gasteiger partial charge in [-0.1, -0.05) is 6.07 Å². The Morgan fingerprint density at radius 2 is 2.06 bits per heavy atom. The molecule has 0 aliphatic heterocycles. The minimum Gasteiger partial charge on any atom is -0.478 e. The van der Waals surface area contributed by atoms with Gasteiger partial charge in [0.15, 0.2) is 0 Å². The predicted octanol–water partition coefficient (Wildman–Crippen LogP) is 2.10. The van der Waals surface area contributed by atoms with E-state index < -0.39 is 11.8 Å². The topological polar surface area (TPSA) is 69.6 Å². The average Bonchev–Trinajstić information content (AvgIpc) is 2.28. The molecule has 0 radical (unpaired) electrons. The summed E-state index contributed by atoms with van der Waals surface area (Å²) in [6.45, 7) is 0.712. The highest BCUT2D eigenvalue weighted by molar-refractivity contribution is 5.94. The third kappa shape index (κ3) is 4.03. The number of carboxylic acid groups (broad SMARTS) is 1.